The summed E-state index contributed by atoms with van der Waals surface area (Å²) in [7, 11) is -3.17. The van der Waals surface area contributed by atoms with E-state index in [0.717, 1.165) is 32.2 Å². The topological polar surface area (TPSA) is 101 Å². The quantitative estimate of drug-likeness (QED) is 0.607. The summed E-state index contributed by atoms with van der Waals surface area (Å²) in [6, 6.07) is 0. The molecule has 1 amide bonds. The van der Waals surface area contributed by atoms with Gasteiger partial charge in [0.05, 0.1) is 6.26 Å². The van der Waals surface area contributed by atoms with Crippen molar-refractivity contribution in [2.45, 2.75) is 19.3 Å². The minimum Gasteiger partial charge on any atom is -0.465 e. The highest BCUT2D eigenvalue weighted by Gasteiger charge is 2.13. The highest BCUT2D eigenvalue weighted by Crippen LogP contribution is 2.07. The van der Waals surface area contributed by atoms with E-state index in [1.54, 1.807) is 0 Å². The number of amides is 1. The summed E-state index contributed by atoms with van der Waals surface area (Å²) >= 11 is 0. The average Bonchev–Trinajstić information content (AvgIpc) is 2.03. The molecular weight excluding hydrogens is 208 g/mol. The molecule has 0 saturated carbocycles. The van der Waals surface area contributed by atoms with Gasteiger partial charge in [-0.25, -0.2) is 18.4 Å². The van der Waals surface area contributed by atoms with Gasteiger partial charge in [0.2, 0.25) is 10.0 Å². The Balaban J connectivity index is 0.000000292. The van der Waals surface area contributed by atoms with Gasteiger partial charge in [-0.15, -0.1) is 0 Å². The first-order valence-electron chi connectivity index (χ1n) is 4.26. The van der Waals surface area contributed by atoms with Crippen LogP contribution in [-0.2, 0) is 10.0 Å². The third-order valence-electron chi connectivity index (χ3n) is 1.63. The minimum absolute atomic E-state index is 0.731. The first-order valence-corrected chi connectivity index (χ1v) is 6.22. The van der Waals surface area contributed by atoms with Gasteiger partial charge in [0.25, 0.3) is 0 Å². The molecular formula is C7H16N2O4S. The number of carboxylic acid groups (broad SMARTS) is 1. The van der Waals surface area contributed by atoms with Crippen LogP contribution < -0.4 is 5.14 Å². The number of hydrogen-bond acceptors (Lipinski definition) is 3. The fraction of sp³-hybridized carbons (Fsp3) is 0.857. The molecule has 1 aliphatic heterocycles. The number of likely N-dealkylation sites (tertiary alicyclic amines) is 1. The van der Waals surface area contributed by atoms with Crippen molar-refractivity contribution in [1.29, 1.82) is 0 Å². The maximum absolute atomic E-state index is 10.3. The van der Waals surface area contributed by atoms with Crippen molar-refractivity contribution >= 4 is 16.1 Å². The number of primary sulfonamides is 1. The van der Waals surface area contributed by atoms with Crippen molar-refractivity contribution < 1.29 is 18.3 Å². The zero-order valence-electron chi connectivity index (χ0n) is 8.14. The molecule has 14 heavy (non-hydrogen) atoms. The molecule has 6 nitrogen and oxygen atoms in total. The zero-order valence-corrected chi connectivity index (χ0v) is 8.96. The molecule has 0 bridgehead atoms. The first kappa shape index (κ1) is 13.2. The SMILES string of the molecule is CS(N)(=O)=O.O=C(O)N1CCCCC1. The Bertz CT molecular complexity index is 261. The van der Waals surface area contributed by atoms with Crippen LogP contribution in [0.3, 0.4) is 0 Å². The van der Waals surface area contributed by atoms with E-state index in [4.69, 9.17) is 5.11 Å². The second-order valence-electron chi connectivity index (χ2n) is 3.16. The summed E-state index contributed by atoms with van der Waals surface area (Å²) in [5.41, 5.74) is 0. The monoisotopic (exact) mass is 224 g/mol. The number of piperidine rings is 1. The number of rotatable bonds is 0. The maximum Gasteiger partial charge on any atom is 0.407 e. The lowest BCUT2D eigenvalue weighted by Gasteiger charge is -2.22. The number of nitrogens with zero attached hydrogens (tertiary/aromatic N) is 1. The highest BCUT2D eigenvalue weighted by molar-refractivity contribution is 7.88. The van der Waals surface area contributed by atoms with Gasteiger partial charge >= 0.3 is 6.09 Å². The number of carbonyl (C=O) groups is 1. The molecule has 0 aliphatic carbocycles. The molecule has 1 aliphatic rings. The molecule has 84 valence electrons. The van der Waals surface area contributed by atoms with Crippen molar-refractivity contribution in [2.75, 3.05) is 19.3 Å². The molecule has 1 heterocycles. The molecule has 1 saturated heterocycles. The van der Waals surface area contributed by atoms with E-state index in [1.165, 1.54) is 11.3 Å². The van der Waals surface area contributed by atoms with Gasteiger partial charge in [-0.1, -0.05) is 0 Å². The lowest BCUT2D eigenvalue weighted by molar-refractivity contribution is 0.136. The summed E-state index contributed by atoms with van der Waals surface area (Å²) < 4.78 is 18.8. The van der Waals surface area contributed by atoms with Crippen LogP contribution in [0.5, 0.6) is 0 Å². The normalized spacial score (nSPS) is 16.9. The molecule has 1 fully saturated rings. The second-order valence-corrected chi connectivity index (χ2v) is 4.82. The van der Waals surface area contributed by atoms with Crippen molar-refractivity contribution in [3.8, 4) is 0 Å². The fourth-order valence-electron chi connectivity index (χ4n) is 1.09. The van der Waals surface area contributed by atoms with Gasteiger partial charge < -0.3 is 10.0 Å². The smallest absolute Gasteiger partial charge is 0.407 e. The molecule has 1 rings (SSSR count). The summed E-state index contributed by atoms with van der Waals surface area (Å²) in [4.78, 5) is 11.8. The Morgan fingerprint density at radius 3 is 1.86 bits per heavy atom. The summed E-state index contributed by atoms with van der Waals surface area (Å²) in [5.74, 6) is 0. The van der Waals surface area contributed by atoms with Crippen LogP contribution in [0.2, 0.25) is 0 Å². The third kappa shape index (κ3) is 9.27. The van der Waals surface area contributed by atoms with Crippen molar-refractivity contribution in [1.82, 2.24) is 4.90 Å². The molecule has 7 heteroatoms. The van der Waals surface area contributed by atoms with E-state index < -0.39 is 16.1 Å². The Hall–Kier alpha value is -0.820. The van der Waals surface area contributed by atoms with Gasteiger partial charge in [0, 0.05) is 13.1 Å². The first-order chi connectivity index (χ1) is 6.30. The van der Waals surface area contributed by atoms with E-state index in [2.05, 4.69) is 5.14 Å². The molecule has 3 N–H and O–H groups in total. The maximum atomic E-state index is 10.3. The molecule has 0 spiro atoms. The van der Waals surface area contributed by atoms with E-state index in [1.807, 2.05) is 0 Å². The molecule has 0 aromatic heterocycles. The van der Waals surface area contributed by atoms with Crippen molar-refractivity contribution in [3.63, 3.8) is 0 Å². The lowest BCUT2D eigenvalue weighted by Crippen LogP contribution is -2.34. The number of hydrogen-bond donors (Lipinski definition) is 2. The van der Waals surface area contributed by atoms with Gasteiger partial charge in [-0.3, -0.25) is 0 Å². The highest BCUT2D eigenvalue weighted by atomic mass is 32.2. The van der Waals surface area contributed by atoms with Crippen LogP contribution in [0.4, 0.5) is 4.79 Å². The van der Waals surface area contributed by atoms with E-state index in [0.29, 0.717) is 0 Å². The Morgan fingerprint density at radius 2 is 1.64 bits per heavy atom. The average molecular weight is 224 g/mol. The zero-order chi connectivity index (χ0) is 11.2. The van der Waals surface area contributed by atoms with Crippen LogP contribution in [0.25, 0.3) is 0 Å². The molecule has 0 aromatic rings. The van der Waals surface area contributed by atoms with E-state index in [9.17, 15) is 13.2 Å². The largest absolute Gasteiger partial charge is 0.465 e. The minimum atomic E-state index is -3.17. The Morgan fingerprint density at radius 1 is 1.29 bits per heavy atom. The van der Waals surface area contributed by atoms with Crippen LogP contribution in [0, 0.1) is 0 Å². The van der Waals surface area contributed by atoms with Crippen LogP contribution in [0.1, 0.15) is 19.3 Å². The van der Waals surface area contributed by atoms with Gasteiger partial charge in [0.15, 0.2) is 0 Å². The van der Waals surface area contributed by atoms with Crippen LogP contribution >= 0.6 is 0 Å². The summed E-state index contributed by atoms with van der Waals surface area (Å²) in [6.07, 6.45) is 3.42. The number of sulfonamides is 1. The third-order valence-corrected chi connectivity index (χ3v) is 1.63. The lowest BCUT2D eigenvalue weighted by atomic mass is 10.1. The van der Waals surface area contributed by atoms with Gasteiger partial charge in [0.1, 0.15) is 0 Å². The van der Waals surface area contributed by atoms with E-state index in [-0.39, 0.29) is 0 Å². The summed E-state index contributed by atoms with van der Waals surface area (Å²) in [6.45, 7) is 1.46. The molecule has 0 unspecified atom stereocenters. The van der Waals surface area contributed by atoms with Crippen LogP contribution in [0.15, 0.2) is 0 Å². The summed E-state index contributed by atoms with van der Waals surface area (Å²) in [5, 5.41) is 12.8. The standard InChI is InChI=1S/C6H11NO2.CH5NO2S/c8-6(9)7-4-2-1-3-5-7;1-5(2,3)4/h1-5H2,(H,8,9);1H3,(H2,2,3,4). The fourth-order valence-corrected chi connectivity index (χ4v) is 1.09. The number of nitrogens with two attached hydrogens (primary N) is 1. The predicted octanol–water partition coefficient (Wildman–Crippen LogP) is 0.0550. The second kappa shape index (κ2) is 5.82. The van der Waals surface area contributed by atoms with E-state index >= 15 is 0 Å². The Labute approximate surface area is 83.7 Å². The van der Waals surface area contributed by atoms with Crippen molar-refractivity contribution in [3.05, 3.63) is 0 Å². The van der Waals surface area contributed by atoms with Gasteiger partial charge in [-0.2, -0.15) is 0 Å². The van der Waals surface area contributed by atoms with Crippen LogP contribution in [-0.4, -0.2) is 43.9 Å². The predicted molar refractivity (Wildman–Crippen MR) is 52.5 cm³/mol. The van der Waals surface area contributed by atoms with Crippen molar-refractivity contribution in [2.24, 2.45) is 5.14 Å². The molecule has 0 atom stereocenters. The molecule has 0 aromatic carbocycles. The molecule has 0 radical (unpaired) electrons. The van der Waals surface area contributed by atoms with Gasteiger partial charge in [-0.05, 0) is 19.3 Å². The Kier molecular flexibility index (Phi) is 5.47.